The monoisotopic (exact) mass is 257 g/mol. The molecular weight excluding hydrogens is 239 g/mol. The van der Waals surface area contributed by atoms with Gasteiger partial charge in [0, 0.05) is 0 Å². The van der Waals surface area contributed by atoms with Gasteiger partial charge in [0.25, 0.3) is 0 Å². The van der Waals surface area contributed by atoms with Crippen molar-refractivity contribution in [2.75, 3.05) is 29.0 Å². The van der Waals surface area contributed by atoms with Crippen LogP contribution in [0.5, 0.6) is 0 Å². The van der Waals surface area contributed by atoms with Gasteiger partial charge in [-0.1, -0.05) is 0 Å². The number of halogens is 1. The van der Waals surface area contributed by atoms with Crippen LogP contribution in [0.1, 0.15) is 13.8 Å². The molecule has 0 aromatic heterocycles. The van der Waals surface area contributed by atoms with Crippen LogP contribution in [0.25, 0.3) is 0 Å². The number of hydrogen-bond acceptors (Lipinski definition) is 2. The van der Waals surface area contributed by atoms with E-state index in [-0.39, 0.29) is 0 Å². The van der Waals surface area contributed by atoms with E-state index in [1.807, 2.05) is 0 Å². The van der Waals surface area contributed by atoms with Crippen LogP contribution in [0, 0.1) is 0 Å². The number of alkyl halides is 2. The molecule has 0 bridgehead atoms. The van der Waals surface area contributed by atoms with Gasteiger partial charge in [0.1, 0.15) is 0 Å². The summed E-state index contributed by atoms with van der Waals surface area (Å²) in [6.07, 6.45) is 0. The zero-order chi connectivity index (χ0) is 7.82. The molecule has 0 fully saturated rings. The van der Waals surface area contributed by atoms with E-state index in [1.165, 1.54) is 15.4 Å². The zero-order valence-electron chi connectivity index (χ0n) is 7.15. The molecule has 0 radical (unpaired) electrons. The van der Waals surface area contributed by atoms with Crippen LogP contribution in [0.15, 0.2) is 0 Å². The molecule has 0 unspecified atom stereocenters. The van der Waals surface area contributed by atoms with Gasteiger partial charge in [0.15, 0.2) is 0 Å². The molecule has 0 aromatic rings. The van der Waals surface area contributed by atoms with Crippen molar-refractivity contribution in [1.29, 1.82) is 0 Å². The van der Waals surface area contributed by atoms with Gasteiger partial charge in [0.05, 0.1) is 0 Å². The number of rotatable bonds is 6. The molecule has 0 aliphatic carbocycles. The number of hydrazine groups is 1. The molecule has 0 heterocycles. The van der Waals surface area contributed by atoms with Gasteiger partial charge in [-0.2, -0.15) is 0 Å². The van der Waals surface area contributed by atoms with Gasteiger partial charge >= 0.3 is 74.5 Å². The van der Waals surface area contributed by atoms with Crippen LogP contribution in [-0.4, -0.2) is 34.0 Å². The SMILES string of the molecule is CCNN(C)CC[I-]CC. The first-order chi connectivity index (χ1) is 4.81. The molecule has 2 nitrogen and oxygen atoms in total. The van der Waals surface area contributed by atoms with Crippen LogP contribution in [0.3, 0.4) is 0 Å². The molecule has 0 saturated carbocycles. The topological polar surface area (TPSA) is 15.3 Å². The van der Waals surface area contributed by atoms with Crippen LogP contribution in [0.4, 0.5) is 0 Å². The summed E-state index contributed by atoms with van der Waals surface area (Å²) in [5, 5.41) is 2.19. The average Bonchev–Trinajstić information content (AvgIpc) is 1.89. The van der Waals surface area contributed by atoms with Crippen LogP contribution in [-0.2, 0) is 0 Å². The molecule has 0 rings (SSSR count). The van der Waals surface area contributed by atoms with Gasteiger partial charge in [-0.25, -0.2) is 0 Å². The molecule has 0 amide bonds. The molecule has 3 heteroatoms. The fourth-order valence-electron chi connectivity index (χ4n) is 0.669. The van der Waals surface area contributed by atoms with E-state index in [0.29, 0.717) is 21.2 Å². The molecule has 1 N–H and O–H groups in total. The Balaban J connectivity index is 2.97. The van der Waals surface area contributed by atoms with Gasteiger partial charge < -0.3 is 0 Å². The Hall–Kier alpha value is 0.650. The average molecular weight is 257 g/mol. The standard InChI is InChI=1S/C7H18IN2/c1-4-8-6-7-10(3)9-5-2/h9H,4-7H2,1-3H3/q-1. The minimum atomic E-state index is 0.501. The summed E-state index contributed by atoms with van der Waals surface area (Å²) >= 11 is 0.501. The van der Waals surface area contributed by atoms with E-state index in [2.05, 4.69) is 31.3 Å². The molecule has 10 heavy (non-hydrogen) atoms. The fraction of sp³-hybridized carbons (Fsp3) is 1.00. The summed E-state index contributed by atoms with van der Waals surface area (Å²) in [4.78, 5) is 0. The third-order valence-electron chi connectivity index (χ3n) is 1.17. The third kappa shape index (κ3) is 6.77. The predicted octanol–water partition coefficient (Wildman–Crippen LogP) is -2.45. The van der Waals surface area contributed by atoms with Crippen molar-refractivity contribution in [3.63, 3.8) is 0 Å². The van der Waals surface area contributed by atoms with Crippen molar-refractivity contribution in [3.8, 4) is 0 Å². The summed E-state index contributed by atoms with van der Waals surface area (Å²) in [6.45, 7) is 6.67. The molecule has 0 saturated heterocycles. The van der Waals surface area contributed by atoms with E-state index >= 15 is 0 Å². The predicted molar refractivity (Wildman–Crippen MR) is 41.7 cm³/mol. The van der Waals surface area contributed by atoms with Crippen molar-refractivity contribution in [1.82, 2.24) is 10.4 Å². The summed E-state index contributed by atoms with van der Waals surface area (Å²) in [5.41, 5.74) is 3.26. The Morgan fingerprint density at radius 1 is 1.40 bits per heavy atom. The normalized spacial score (nSPS) is 11.2. The molecule has 0 aromatic carbocycles. The molecule has 0 spiro atoms. The maximum atomic E-state index is 3.26. The van der Waals surface area contributed by atoms with Crippen LogP contribution in [0.2, 0.25) is 0 Å². The second-order valence-electron chi connectivity index (χ2n) is 2.08. The summed E-state index contributed by atoms with van der Waals surface area (Å²) in [6, 6.07) is 0. The first-order valence-corrected chi connectivity index (χ1v) is 6.84. The summed E-state index contributed by atoms with van der Waals surface area (Å²) < 4.78 is 2.83. The fourth-order valence-corrected chi connectivity index (χ4v) is 2.50. The second kappa shape index (κ2) is 7.75. The Bertz CT molecular complexity index is 68.6. The van der Waals surface area contributed by atoms with Gasteiger partial charge in [-0.05, 0) is 0 Å². The first-order valence-electron chi connectivity index (χ1n) is 3.79. The zero-order valence-corrected chi connectivity index (χ0v) is 9.31. The van der Waals surface area contributed by atoms with E-state index in [1.54, 1.807) is 0 Å². The van der Waals surface area contributed by atoms with Gasteiger partial charge in [0.2, 0.25) is 0 Å². The quantitative estimate of drug-likeness (QED) is 0.246. The third-order valence-corrected chi connectivity index (χ3v) is 3.49. The number of nitrogens with zero attached hydrogens (tertiary/aromatic N) is 1. The Labute approximate surface area is 74.6 Å². The Kier molecular flexibility index (Phi) is 8.26. The van der Waals surface area contributed by atoms with Crippen LogP contribution < -0.4 is 26.6 Å². The van der Waals surface area contributed by atoms with Crippen molar-refractivity contribution in [2.24, 2.45) is 0 Å². The van der Waals surface area contributed by atoms with Gasteiger partial charge in [-0.15, -0.1) is 0 Å². The van der Waals surface area contributed by atoms with Crippen molar-refractivity contribution in [3.05, 3.63) is 0 Å². The van der Waals surface area contributed by atoms with Gasteiger partial charge in [-0.3, -0.25) is 0 Å². The van der Waals surface area contributed by atoms with E-state index < -0.39 is 0 Å². The minimum absolute atomic E-state index is 0.501. The van der Waals surface area contributed by atoms with E-state index in [9.17, 15) is 0 Å². The first kappa shape index (κ1) is 10.7. The number of nitrogens with one attached hydrogen (secondary N) is 1. The Morgan fingerprint density at radius 2 is 2.10 bits per heavy atom. The van der Waals surface area contributed by atoms with Crippen molar-refractivity contribution in [2.45, 2.75) is 13.8 Å². The number of hydrogen-bond donors (Lipinski definition) is 1. The maximum absolute atomic E-state index is 3.26. The summed E-state index contributed by atoms with van der Waals surface area (Å²) in [5.74, 6) is 0. The molecule has 0 aliphatic rings. The van der Waals surface area contributed by atoms with Crippen LogP contribution >= 0.6 is 0 Å². The molecule has 64 valence electrons. The molecule has 0 aliphatic heterocycles. The van der Waals surface area contributed by atoms with E-state index in [4.69, 9.17) is 0 Å². The van der Waals surface area contributed by atoms with E-state index in [0.717, 1.165) is 6.54 Å². The van der Waals surface area contributed by atoms with Crippen molar-refractivity contribution >= 4 is 0 Å². The second-order valence-corrected chi connectivity index (χ2v) is 5.76. The Morgan fingerprint density at radius 3 is 2.60 bits per heavy atom. The molecule has 0 atom stereocenters. The summed E-state index contributed by atoms with van der Waals surface area (Å²) in [7, 11) is 2.11. The van der Waals surface area contributed by atoms with Crippen molar-refractivity contribution < 1.29 is 21.2 Å². The molecular formula is C7H18IN2-.